The molecular weight excluding hydrogens is 474 g/mol. The maximum atomic E-state index is 13.4. The van der Waals surface area contributed by atoms with Crippen LogP contribution in [0.3, 0.4) is 0 Å². The molecule has 1 atom stereocenters. The minimum atomic E-state index is -0.916. The largest absolute Gasteiger partial charge is 0.466 e. The zero-order valence-corrected chi connectivity index (χ0v) is 23.4. The van der Waals surface area contributed by atoms with Crippen LogP contribution in [0.2, 0.25) is 0 Å². The quantitative estimate of drug-likeness (QED) is 0.262. The third-order valence-electron chi connectivity index (χ3n) is 5.46. The van der Waals surface area contributed by atoms with Gasteiger partial charge in [-0.1, -0.05) is 62.4 Å². The molecule has 0 spiro atoms. The van der Waals surface area contributed by atoms with Crippen molar-refractivity contribution < 1.29 is 28.7 Å². The molecule has 3 amide bonds. The maximum absolute atomic E-state index is 13.4. The number of hydrogen-bond donors (Lipinski definition) is 2. The fourth-order valence-electron chi connectivity index (χ4n) is 3.78. The molecule has 0 heterocycles. The third-order valence-corrected chi connectivity index (χ3v) is 5.46. The molecule has 0 fully saturated rings. The molecule has 0 aromatic heterocycles. The van der Waals surface area contributed by atoms with Crippen molar-refractivity contribution in [2.24, 2.45) is 0 Å². The summed E-state index contributed by atoms with van der Waals surface area (Å²) in [5.74, 6) is -1.19. The van der Waals surface area contributed by atoms with Gasteiger partial charge in [-0.15, -0.1) is 0 Å². The molecule has 9 heteroatoms. The number of nitrogens with zero attached hydrogens (tertiary/aromatic N) is 1. The molecule has 2 N–H and O–H groups in total. The van der Waals surface area contributed by atoms with Gasteiger partial charge in [0.05, 0.1) is 13.0 Å². The number of ether oxygens (including phenoxy) is 2. The Balaban J connectivity index is 3.14. The van der Waals surface area contributed by atoms with Gasteiger partial charge in [0.15, 0.2) is 0 Å². The fraction of sp³-hybridized carbons (Fsp3) is 0.643. The SMILES string of the molecule is CCCCCCCN(C(=O)CNC(=O)OC(C)(C)C)C(C(=O)NCCC(=O)OCC)c1cccc(C)c1. The van der Waals surface area contributed by atoms with E-state index in [0.717, 1.165) is 37.7 Å². The van der Waals surface area contributed by atoms with Crippen LogP contribution in [0, 0.1) is 6.92 Å². The molecule has 1 unspecified atom stereocenters. The number of benzene rings is 1. The average Bonchev–Trinajstić information content (AvgIpc) is 2.80. The van der Waals surface area contributed by atoms with Gasteiger partial charge in [-0.2, -0.15) is 0 Å². The van der Waals surface area contributed by atoms with Crippen molar-refractivity contribution in [2.75, 3.05) is 26.2 Å². The van der Waals surface area contributed by atoms with E-state index in [-0.39, 0.29) is 26.1 Å². The second-order valence-corrected chi connectivity index (χ2v) is 10.0. The Morgan fingerprint density at radius 2 is 1.70 bits per heavy atom. The van der Waals surface area contributed by atoms with Crippen LogP contribution in [0.4, 0.5) is 4.79 Å². The van der Waals surface area contributed by atoms with E-state index in [1.54, 1.807) is 33.8 Å². The maximum Gasteiger partial charge on any atom is 0.408 e. The van der Waals surface area contributed by atoms with E-state index < -0.39 is 35.5 Å². The van der Waals surface area contributed by atoms with Gasteiger partial charge in [0.1, 0.15) is 18.2 Å². The summed E-state index contributed by atoms with van der Waals surface area (Å²) in [6, 6.07) is 6.52. The Hall–Kier alpha value is -3.10. The normalized spacial score (nSPS) is 11.8. The van der Waals surface area contributed by atoms with Crippen LogP contribution in [-0.2, 0) is 23.9 Å². The lowest BCUT2D eigenvalue weighted by atomic mass is 10.0. The first-order valence-corrected chi connectivity index (χ1v) is 13.2. The Bertz CT molecular complexity index is 881. The summed E-state index contributed by atoms with van der Waals surface area (Å²) in [5.41, 5.74) is 0.909. The number of carbonyl (C=O) groups is 4. The number of amides is 3. The predicted octanol–water partition coefficient (Wildman–Crippen LogP) is 4.43. The van der Waals surface area contributed by atoms with Crippen molar-refractivity contribution in [1.29, 1.82) is 0 Å². The zero-order valence-electron chi connectivity index (χ0n) is 23.4. The third kappa shape index (κ3) is 13.1. The van der Waals surface area contributed by atoms with Crippen LogP contribution in [0.5, 0.6) is 0 Å². The summed E-state index contributed by atoms with van der Waals surface area (Å²) in [6.45, 7) is 11.4. The van der Waals surface area contributed by atoms with Crippen molar-refractivity contribution in [3.63, 3.8) is 0 Å². The highest BCUT2D eigenvalue weighted by Gasteiger charge is 2.31. The van der Waals surface area contributed by atoms with Crippen LogP contribution in [0.25, 0.3) is 0 Å². The van der Waals surface area contributed by atoms with E-state index in [1.165, 1.54) is 4.90 Å². The first-order chi connectivity index (χ1) is 17.5. The van der Waals surface area contributed by atoms with E-state index in [2.05, 4.69) is 17.6 Å². The Labute approximate surface area is 221 Å². The lowest BCUT2D eigenvalue weighted by Gasteiger charge is -2.32. The molecule has 0 saturated carbocycles. The molecule has 0 bridgehead atoms. The lowest BCUT2D eigenvalue weighted by Crippen LogP contribution is -2.48. The number of esters is 1. The van der Waals surface area contributed by atoms with E-state index in [9.17, 15) is 19.2 Å². The highest BCUT2D eigenvalue weighted by molar-refractivity contribution is 5.90. The van der Waals surface area contributed by atoms with Gasteiger partial charge in [0.2, 0.25) is 11.8 Å². The number of aryl methyl sites for hydroxylation is 1. The van der Waals surface area contributed by atoms with Crippen molar-refractivity contribution >= 4 is 23.9 Å². The van der Waals surface area contributed by atoms with Gasteiger partial charge in [0.25, 0.3) is 0 Å². The van der Waals surface area contributed by atoms with Crippen molar-refractivity contribution in [1.82, 2.24) is 15.5 Å². The Kier molecular flexibility index (Phi) is 14.3. The number of alkyl carbamates (subject to hydrolysis) is 1. The summed E-state index contributed by atoms with van der Waals surface area (Å²) in [7, 11) is 0. The minimum Gasteiger partial charge on any atom is -0.466 e. The van der Waals surface area contributed by atoms with Gasteiger partial charge >= 0.3 is 12.1 Å². The highest BCUT2D eigenvalue weighted by Crippen LogP contribution is 2.24. The molecule has 0 radical (unpaired) electrons. The molecule has 208 valence electrons. The Morgan fingerprint density at radius 1 is 1.00 bits per heavy atom. The van der Waals surface area contributed by atoms with Gasteiger partial charge in [-0.25, -0.2) is 4.79 Å². The van der Waals surface area contributed by atoms with E-state index >= 15 is 0 Å². The van der Waals surface area contributed by atoms with Gasteiger partial charge < -0.3 is 25.0 Å². The summed E-state index contributed by atoms with van der Waals surface area (Å²) >= 11 is 0. The van der Waals surface area contributed by atoms with E-state index in [0.29, 0.717) is 12.1 Å². The number of hydrogen-bond acceptors (Lipinski definition) is 6. The van der Waals surface area contributed by atoms with Crippen LogP contribution in [-0.4, -0.2) is 60.6 Å². The molecule has 1 rings (SSSR count). The molecule has 37 heavy (non-hydrogen) atoms. The summed E-state index contributed by atoms with van der Waals surface area (Å²) in [5, 5.41) is 5.30. The van der Waals surface area contributed by atoms with Gasteiger partial charge in [0, 0.05) is 13.1 Å². The average molecular weight is 520 g/mol. The van der Waals surface area contributed by atoms with Crippen molar-refractivity contribution in [3.8, 4) is 0 Å². The van der Waals surface area contributed by atoms with Crippen molar-refractivity contribution in [2.45, 2.75) is 91.7 Å². The molecule has 0 saturated heterocycles. The van der Waals surface area contributed by atoms with E-state index in [4.69, 9.17) is 9.47 Å². The number of rotatable bonds is 15. The lowest BCUT2D eigenvalue weighted by molar-refractivity contribution is -0.143. The topological polar surface area (TPSA) is 114 Å². The summed E-state index contributed by atoms with van der Waals surface area (Å²) in [4.78, 5) is 52.3. The van der Waals surface area contributed by atoms with Crippen LogP contribution in [0.1, 0.15) is 90.3 Å². The monoisotopic (exact) mass is 519 g/mol. The van der Waals surface area contributed by atoms with Gasteiger partial charge in [-0.05, 0) is 46.6 Å². The molecule has 0 aliphatic heterocycles. The molecule has 1 aromatic rings. The molecule has 9 nitrogen and oxygen atoms in total. The second kappa shape index (κ2) is 16.6. The Morgan fingerprint density at radius 3 is 2.32 bits per heavy atom. The second-order valence-electron chi connectivity index (χ2n) is 10.0. The first kappa shape index (κ1) is 31.9. The van der Waals surface area contributed by atoms with Crippen LogP contribution in [0.15, 0.2) is 24.3 Å². The zero-order chi connectivity index (χ0) is 27.8. The summed E-state index contributed by atoms with van der Waals surface area (Å²) in [6.07, 6.45) is 4.20. The van der Waals surface area contributed by atoms with Gasteiger partial charge in [-0.3, -0.25) is 14.4 Å². The number of nitrogens with one attached hydrogen (secondary N) is 2. The highest BCUT2D eigenvalue weighted by atomic mass is 16.6. The molecular formula is C28H45N3O6. The smallest absolute Gasteiger partial charge is 0.408 e. The van der Waals surface area contributed by atoms with E-state index in [1.807, 2.05) is 25.1 Å². The van der Waals surface area contributed by atoms with Crippen molar-refractivity contribution in [3.05, 3.63) is 35.4 Å². The standard InChI is InChI=1S/C28H45N3O6/c1-7-9-10-11-12-18-31(23(32)20-30-27(35)37-28(4,5)6)25(22-15-13-14-21(3)19-22)26(34)29-17-16-24(33)36-8-2/h13-15,19,25H,7-12,16-18,20H2,1-6H3,(H,29,34)(H,30,35). The molecule has 1 aromatic carbocycles. The number of unbranched alkanes of at least 4 members (excludes halogenated alkanes) is 4. The minimum absolute atomic E-state index is 0.0330. The molecule has 0 aliphatic carbocycles. The van der Waals surface area contributed by atoms with Crippen LogP contribution >= 0.6 is 0 Å². The number of carbonyl (C=O) groups excluding carboxylic acids is 4. The molecule has 0 aliphatic rings. The fourth-order valence-corrected chi connectivity index (χ4v) is 3.78. The van der Waals surface area contributed by atoms with Crippen LogP contribution < -0.4 is 10.6 Å². The summed E-state index contributed by atoms with van der Waals surface area (Å²) < 4.78 is 10.2. The predicted molar refractivity (Wildman–Crippen MR) is 143 cm³/mol. The first-order valence-electron chi connectivity index (χ1n) is 13.2.